The molecule has 4 aliphatic rings. The van der Waals surface area contributed by atoms with Gasteiger partial charge in [0.25, 0.3) is 5.91 Å². The number of benzene rings is 2. The molecule has 0 radical (unpaired) electrons. The molecular weight excluding hydrogens is 474 g/mol. The molecule has 7 nitrogen and oxygen atoms in total. The maximum absolute atomic E-state index is 13.7. The van der Waals surface area contributed by atoms with Crippen LogP contribution in [0.4, 0.5) is 0 Å². The summed E-state index contributed by atoms with van der Waals surface area (Å²) in [7, 11) is 0. The number of rotatable bonds is 4. The number of ether oxygens (including phenoxy) is 1. The van der Waals surface area contributed by atoms with Gasteiger partial charge < -0.3 is 14.7 Å². The van der Waals surface area contributed by atoms with E-state index in [0.29, 0.717) is 12.8 Å². The highest BCUT2D eigenvalue weighted by Gasteiger charge is 2.45. The van der Waals surface area contributed by atoms with Crippen LogP contribution in [-0.4, -0.2) is 45.5 Å². The Balaban J connectivity index is 1.35. The number of carbonyl (C=O) groups is 1. The second-order valence-electron chi connectivity index (χ2n) is 10.1. The molecule has 0 bridgehead atoms. The molecule has 0 unspecified atom stereocenters. The molecule has 2 fully saturated rings. The van der Waals surface area contributed by atoms with Crippen molar-refractivity contribution in [3.8, 4) is 5.75 Å². The molecule has 0 saturated heterocycles. The first-order valence-corrected chi connectivity index (χ1v) is 13.5. The third-order valence-corrected chi connectivity index (χ3v) is 8.89. The van der Waals surface area contributed by atoms with Gasteiger partial charge in [0.2, 0.25) is 5.43 Å². The van der Waals surface area contributed by atoms with E-state index in [-0.39, 0.29) is 29.8 Å². The highest BCUT2D eigenvalue weighted by Crippen LogP contribution is 2.44. The zero-order chi connectivity index (χ0) is 24.4. The van der Waals surface area contributed by atoms with E-state index in [1.54, 1.807) is 10.9 Å². The van der Waals surface area contributed by atoms with Crippen LogP contribution >= 0.6 is 11.8 Å². The lowest BCUT2D eigenvalue weighted by molar-refractivity contribution is -0.0551. The molecule has 0 spiro atoms. The molecule has 2 aliphatic carbocycles. The number of aromatic hydroxyl groups is 1. The molecule has 8 heteroatoms. The first kappa shape index (κ1) is 22.0. The Morgan fingerprint density at radius 1 is 0.917 bits per heavy atom. The number of carbonyl (C=O) groups excluding carboxylic acids is 1. The molecule has 3 heterocycles. The predicted octanol–water partition coefficient (Wildman–Crippen LogP) is 4.01. The minimum atomic E-state index is -0.544. The number of amides is 1. The highest BCUT2D eigenvalue weighted by atomic mass is 32.2. The van der Waals surface area contributed by atoms with E-state index in [1.165, 1.54) is 16.5 Å². The standard InChI is InChI=1S/C28H27N3O4S/c32-23-11-12-30-26(27(23)33)28(34)29(18-13-20(14-18)35-19-9-10-19)16-31(30)25-21-6-2-1-5-17(21)15-36-24-8-4-3-7-22(24)25/h1-8,11-12,18-20,25,33H,9-10,13-16H2/t18?,20?,25-/m0/s1. The molecule has 184 valence electrons. The Morgan fingerprint density at radius 2 is 1.67 bits per heavy atom. The molecule has 1 atom stereocenters. The van der Waals surface area contributed by atoms with Crippen molar-refractivity contribution in [2.45, 2.75) is 60.6 Å². The van der Waals surface area contributed by atoms with E-state index in [9.17, 15) is 14.7 Å². The average Bonchev–Trinajstić information content (AvgIpc) is 3.70. The van der Waals surface area contributed by atoms with Gasteiger partial charge in [-0.15, -0.1) is 11.8 Å². The molecule has 36 heavy (non-hydrogen) atoms. The Labute approximate surface area is 213 Å². The van der Waals surface area contributed by atoms with Crippen LogP contribution in [0, 0.1) is 0 Å². The molecule has 2 aliphatic heterocycles. The number of thioether (sulfide) groups is 1. The molecule has 2 saturated carbocycles. The lowest BCUT2D eigenvalue weighted by Crippen LogP contribution is -2.61. The summed E-state index contributed by atoms with van der Waals surface area (Å²) in [5.41, 5.74) is 3.04. The van der Waals surface area contributed by atoms with Gasteiger partial charge in [-0.2, -0.15) is 0 Å². The van der Waals surface area contributed by atoms with Crippen LogP contribution < -0.4 is 10.4 Å². The van der Waals surface area contributed by atoms with E-state index < -0.39 is 11.2 Å². The van der Waals surface area contributed by atoms with Crippen molar-refractivity contribution >= 4 is 17.7 Å². The Kier molecular flexibility index (Phi) is 5.15. The van der Waals surface area contributed by atoms with E-state index >= 15 is 0 Å². The van der Waals surface area contributed by atoms with Crippen LogP contribution in [0.1, 0.15) is 58.9 Å². The summed E-state index contributed by atoms with van der Waals surface area (Å²) in [5, 5.41) is 12.9. The molecule has 1 amide bonds. The second kappa shape index (κ2) is 8.42. The van der Waals surface area contributed by atoms with Crippen molar-refractivity contribution in [2.75, 3.05) is 11.7 Å². The molecule has 7 rings (SSSR count). The van der Waals surface area contributed by atoms with Gasteiger partial charge in [-0.3, -0.25) is 19.3 Å². The van der Waals surface area contributed by atoms with E-state index in [0.717, 1.165) is 42.6 Å². The summed E-state index contributed by atoms with van der Waals surface area (Å²) in [6, 6.07) is 17.9. The van der Waals surface area contributed by atoms with E-state index in [4.69, 9.17) is 4.74 Å². The van der Waals surface area contributed by atoms with Crippen molar-refractivity contribution in [3.05, 3.63) is 93.4 Å². The fraction of sp³-hybridized carbons (Fsp3) is 0.357. The van der Waals surface area contributed by atoms with E-state index in [2.05, 4.69) is 41.4 Å². The van der Waals surface area contributed by atoms with Crippen LogP contribution in [-0.2, 0) is 10.5 Å². The molecule has 1 N–H and O–H groups in total. The minimum Gasteiger partial charge on any atom is -0.502 e. The normalized spacial score (nSPS) is 24.9. The zero-order valence-electron chi connectivity index (χ0n) is 19.7. The number of hydrogen-bond acceptors (Lipinski definition) is 6. The predicted molar refractivity (Wildman–Crippen MR) is 137 cm³/mol. The summed E-state index contributed by atoms with van der Waals surface area (Å²) in [5.74, 6) is 0.0541. The van der Waals surface area contributed by atoms with Gasteiger partial charge in [-0.25, -0.2) is 0 Å². The average molecular weight is 502 g/mol. The van der Waals surface area contributed by atoms with Crippen LogP contribution in [0.2, 0.25) is 0 Å². The first-order valence-electron chi connectivity index (χ1n) is 12.6. The number of fused-ring (bicyclic) bond motifs is 3. The number of aromatic nitrogens is 1. The van der Waals surface area contributed by atoms with Gasteiger partial charge in [0, 0.05) is 29.0 Å². The highest BCUT2D eigenvalue weighted by molar-refractivity contribution is 7.98. The Hall–Kier alpha value is -3.23. The SMILES string of the molecule is O=C1c2c(O)c(=O)ccn2N([C@H]2c3ccccc3CSc3ccccc32)CN1C1CC(OC2CC2)C1. The smallest absolute Gasteiger partial charge is 0.278 e. The Bertz CT molecular complexity index is 1360. The molecular formula is C28H27N3O4S. The lowest BCUT2D eigenvalue weighted by Gasteiger charge is -2.50. The van der Waals surface area contributed by atoms with Crippen molar-refractivity contribution in [2.24, 2.45) is 0 Å². The summed E-state index contributed by atoms with van der Waals surface area (Å²) in [6.45, 7) is 0.354. The van der Waals surface area contributed by atoms with Gasteiger partial charge >= 0.3 is 0 Å². The maximum Gasteiger partial charge on any atom is 0.278 e. The summed E-state index contributed by atoms with van der Waals surface area (Å²) in [6.07, 6.45) is 5.98. The fourth-order valence-electron chi connectivity index (χ4n) is 5.64. The van der Waals surface area contributed by atoms with Gasteiger partial charge in [0.15, 0.2) is 11.4 Å². The lowest BCUT2D eigenvalue weighted by atomic mass is 9.87. The van der Waals surface area contributed by atoms with Crippen LogP contribution in [0.5, 0.6) is 5.75 Å². The molecule has 2 aromatic carbocycles. The van der Waals surface area contributed by atoms with Crippen molar-refractivity contribution in [1.82, 2.24) is 9.58 Å². The third-order valence-electron chi connectivity index (χ3n) is 7.76. The maximum atomic E-state index is 13.7. The fourth-order valence-corrected chi connectivity index (χ4v) is 6.73. The van der Waals surface area contributed by atoms with Gasteiger partial charge in [0.1, 0.15) is 6.67 Å². The van der Waals surface area contributed by atoms with Crippen molar-refractivity contribution < 1.29 is 14.6 Å². The summed E-state index contributed by atoms with van der Waals surface area (Å²) < 4.78 is 7.75. The van der Waals surface area contributed by atoms with Crippen LogP contribution in [0.15, 0.2) is 70.5 Å². The second-order valence-corrected chi connectivity index (χ2v) is 11.1. The van der Waals surface area contributed by atoms with Gasteiger partial charge in [-0.1, -0.05) is 42.5 Å². The van der Waals surface area contributed by atoms with Crippen molar-refractivity contribution in [3.63, 3.8) is 0 Å². The van der Waals surface area contributed by atoms with Crippen LogP contribution in [0.3, 0.4) is 0 Å². The van der Waals surface area contributed by atoms with E-state index in [1.807, 2.05) is 28.8 Å². The third kappa shape index (κ3) is 3.54. The zero-order valence-corrected chi connectivity index (χ0v) is 20.6. The summed E-state index contributed by atoms with van der Waals surface area (Å²) in [4.78, 5) is 29.1. The topological polar surface area (TPSA) is 75.0 Å². The Morgan fingerprint density at radius 3 is 2.47 bits per heavy atom. The van der Waals surface area contributed by atoms with Gasteiger partial charge in [0.05, 0.1) is 18.2 Å². The number of hydrogen-bond donors (Lipinski definition) is 1. The van der Waals surface area contributed by atoms with Crippen LogP contribution in [0.25, 0.3) is 0 Å². The minimum absolute atomic E-state index is 0.0119. The van der Waals surface area contributed by atoms with Crippen molar-refractivity contribution in [1.29, 1.82) is 0 Å². The quantitative estimate of drug-likeness (QED) is 0.582. The monoisotopic (exact) mass is 501 g/mol. The molecule has 3 aromatic rings. The summed E-state index contributed by atoms with van der Waals surface area (Å²) >= 11 is 1.81. The number of nitrogens with zero attached hydrogens (tertiary/aromatic N) is 3. The molecule has 1 aromatic heterocycles. The van der Waals surface area contributed by atoms with Gasteiger partial charge in [-0.05, 0) is 48.4 Å². The number of pyridine rings is 1. The first-order chi connectivity index (χ1) is 17.6. The largest absolute Gasteiger partial charge is 0.502 e.